The Balaban J connectivity index is 2.41. The lowest BCUT2D eigenvalue weighted by Crippen LogP contribution is -2.09. The maximum atomic E-state index is 13.7. The minimum absolute atomic E-state index is 0.0185. The molecule has 0 saturated carbocycles. The summed E-state index contributed by atoms with van der Waals surface area (Å²) >= 11 is 8.83. The molecule has 7 heteroatoms. The van der Waals surface area contributed by atoms with Gasteiger partial charge >= 0.3 is 0 Å². The smallest absolute Gasteiger partial charge is 0.184 e. The van der Waals surface area contributed by atoms with Gasteiger partial charge < -0.3 is 5.73 Å². The number of benzene rings is 2. The van der Waals surface area contributed by atoms with Gasteiger partial charge in [0.25, 0.3) is 0 Å². The van der Waals surface area contributed by atoms with Crippen molar-refractivity contribution in [3.05, 3.63) is 57.3 Å². The van der Waals surface area contributed by atoms with Crippen LogP contribution in [0.2, 0.25) is 5.02 Å². The summed E-state index contributed by atoms with van der Waals surface area (Å²) in [5.74, 6) is -1.13. The second kappa shape index (κ2) is 5.71. The SMILES string of the molecule is Nc1cc(Br)ccc1S(=O)(=O)Cc1ccc(Cl)cc1F. The van der Waals surface area contributed by atoms with Gasteiger partial charge in [0.1, 0.15) is 5.82 Å². The van der Waals surface area contributed by atoms with Crippen molar-refractivity contribution in [3.63, 3.8) is 0 Å². The molecule has 0 spiro atoms. The van der Waals surface area contributed by atoms with E-state index in [2.05, 4.69) is 15.9 Å². The van der Waals surface area contributed by atoms with Crippen LogP contribution in [-0.4, -0.2) is 8.42 Å². The first-order valence-corrected chi connectivity index (χ1v) is 8.33. The van der Waals surface area contributed by atoms with Gasteiger partial charge in [0, 0.05) is 15.1 Å². The fourth-order valence-electron chi connectivity index (χ4n) is 1.72. The van der Waals surface area contributed by atoms with Crippen molar-refractivity contribution in [3.8, 4) is 0 Å². The van der Waals surface area contributed by atoms with E-state index in [1.165, 1.54) is 24.3 Å². The molecule has 0 aliphatic heterocycles. The molecule has 0 aliphatic carbocycles. The number of nitrogens with two attached hydrogens (primary N) is 1. The summed E-state index contributed by atoms with van der Waals surface area (Å²) in [4.78, 5) is -0.0185. The molecular formula is C13H10BrClFNO2S. The second-order valence-electron chi connectivity index (χ2n) is 4.18. The summed E-state index contributed by atoms with van der Waals surface area (Å²) in [6.07, 6.45) is 0. The zero-order valence-corrected chi connectivity index (χ0v) is 13.3. The Bertz CT molecular complexity index is 765. The van der Waals surface area contributed by atoms with Gasteiger partial charge in [-0.15, -0.1) is 0 Å². The maximum Gasteiger partial charge on any atom is 0.184 e. The molecule has 0 unspecified atom stereocenters. The second-order valence-corrected chi connectivity index (χ2v) is 7.49. The average Bonchev–Trinajstić information content (AvgIpc) is 2.32. The lowest BCUT2D eigenvalue weighted by molar-refractivity contribution is 0.587. The lowest BCUT2D eigenvalue weighted by atomic mass is 10.2. The third kappa shape index (κ3) is 3.31. The molecule has 20 heavy (non-hydrogen) atoms. The topological polar surface area (TPSA) is 60.2 Å². The van der Waals surface area contributed by atoms with Crippen LogP contribution in [0.25, 0.3) is 0 Å². The van der Waals surface area contributed by atoms with E-state index in [1.807, 2.05) is 0 Å². The first kappa shape index (κ1) is 15.3. The number of nitrogen functional groups attached to an aromatic ring is 1. The Morgan fingerprint density at radius 1 is 1.20 bits per heavy atom. The van der Waals surface area contributed by atoms with Crippen LogP contribution in [0.1, 0.15) is 5.56 Å². The zero-order valence-electron chi connectivity index (χ0n) is 10.1. The number of halogens is 3. The standard InChI is InChI=1S/C13H10BrClFNO2S/c14-9-2-4-13(12(17)5-9)20(18,19)7-8-1-3-10(15)6-11(8)16/h1-6H,7,17H2. The highest BCUT2D eigenvalue weighted by Gasteiger charge is 2.20. The summed E-state index contributed by atoms with van der Waals surface area (Å²) in [5.41, 5.74) is 5.87. The third-order valence-corrected chi connectivity index (χ3v) is 5.13. The van der Waals surface area contributed by atoms with Crippen molar-refractivity contribution < 1.29 is 12.8 Å². The van der Waals surface area contributed by atoms with Crippen LogP contribution in [-0.2, 0) is 15.6 Å². The monoisotopic (exact) mass is 377 g/mol. The Hall–Kier alpha value is -1.11. The number of sulfone groups is 1. The van der Waals surface area contributed by atoms with Crippen LogP contribution in [0.15, 0.2) is 45.8 Å². The van der Waals surface area contributed by atoms with E-state index in [-0.39, 0.29) is 21.2 Å². The van der Waals surface area contributed by atoms with Gasteiger partial charge in [0.2, 0.25) is 0 Å². The summed E-state index contributed by atoms with van der Waals surface area (Å²) < 4.78 is 38.9. The van der Waals surface area contributed by atoms with Crippen LogP contribution in [0, 0.1) is 5.82 Å². The maximum absolute atomic E-state index is 13.7. The van der Waals surface area contributed by atoms with Crippen molar-refractivity contribution >= 4 is 43.1 Å². The van der Waals surface area contributed by atoms with Crippen LogP contribution in [0.4, 0.5) is 10.1 Å². The summed E-state index contributed by atoms with van der Waals surface area (Å²) in [5, 5.41) is 0.215. The van der Waals surface area contributed by atoms with E-state index in [0.717, 1.165) is 6.07 Å². The van der Waals surface area contributed by atoms with Crippen molar-refractivity contribution in [2.45, 2.75) is 10.6 Å². The highest BCUT2D eigenvalue weighted by Crippen LogP contribution is 2.27. The van der Waals surface area contributed by atoms with E-state index in [4.69, 9.17) is 17.3 Å². The lowest BCUT2D eigenvalue weighted by Gasteiger charge is -2.09. The fourth-order valence-corrected chi connectivity index (χ4v) is 3.75. The molecule has 0 heterocycles. The molecule has 0 aliphatic rings. The first-order valence-electron chi connectivity index (χ1n) is 5.51. The summed E-state index contributed by atoms with van der Waals surface area (Å²) in [6.45, 7) is 0. The quantitative estimate of drug-likeness (QED) is 0.827. The van der Waals surface area contributed by atoms with Gasteiger partial charge in [-0.05, 0) is 30.3 Å². The van der Waals surface area contributed by atoms with Crippen molar-refractivity contribution in [2.24, 2.45) is 0 Å². The molecular weight excluding hydrogens is 369 g/mol. The van der Waals surface area contributed by atoms with E-state index in [1.54, 1.807) is 6.07 Å². The zero-order chi connectivity index (χ0) is 14.9. The predicted octanol–water partition coefficient (Wildman–Crippen LogP) is 3.80. The van der Waals surface area contributed by atoms with Crippen molar-refractivity contribution in [2.75, 3.05) is 5.73 Å². The van der Waals surface area contributed by atoms with Crippen LogP contribution >= 0.6 is 27.5 Å². The van der Waals surface area contributed by atoms with E-state index in [9.17, 15) is 12.8 Å². The van der Waals surface area contributed by atoms with Gasteiger partial charge in [-0.25, -0.2) is 12.8 Å². The van der Waals surface area contributed by atoms with Crippen LogP contribution in [0.5, 0.6) is 0 Å². The Labute approximate surface area is 129 Å². The molecule has 0 fully saturated rings. The number of hydrogen-bond donors (Lipinski definition) is 1. The molecule has 0 saturated heterocycles. The highest BCUT2D eigenvalue weighted by molar-refractivity contribution is 9.10. The van der Waals surface area contributed by atoms with Gasteiger partial charge in [0.15, 0.2) is 9.84 Å². The fraction of sp³-hybridized carbons (Fsp3) is 0.0769. The van der Waals surface area contributed by atoms with Crippen molar-refractivity contribution in [1.29, 1.82) is 0 Å². The van der Waals surface area contributed by atoms with Crippen molar-refractivity contribution in [1.82, 2.24) is 0 Å². The van der Waals surface area contributed by atoms with Crippen LogP contribution < -0.4 is 5.73 Å². The molecule has 2 rings (SSSR count). The van der Waals surface area contributed by atoms with Gasteiger partial charge in [-0.2, -0.15) is 0 Å². The summed E-state index contributed by atoms with van der Waals surface area (Å²) in [6, 6.07) is 8.33. The third-order valence-electron chi connectivity index (χ3n) is 2.67. The largest absolute Gasteiger partial charge is 0.398 e. The van der Waals surface area contributed by atoms with E-state index in [0.29, 0.717) is 4.47 Å². The molecule has 2 aromatic rings. The molecule has 0 atom stereocenters. The summed E-state index contributed by atoms with van der Waals surface area (Å²) in [7, 11) is -3.73. The van der Waals surface area contributed by atoms with Gasteiger partial charge in [0.05, 0.1) is 16.3 Å². The predicted molar refractivity (Wildman–Crippen MR) is 80.9 cm³/mol. The molecule has 2 N–H and O–H groups in total. The first-order chi connectivity index (χ1) is 9.29. The number of hydrogen-bond acceptors (Lipinski definition) is 3. The van der Waals surface area contributed by atoms with Gasteiger partial charge in [-0.1, -0.05) is 33.6 Å². The minimum atomic E-state index is -3.73. The highest BCUT2D eigenvalue weighted by atomic mass is 79.9. The molecule has 0 amide bonds. The average molecular weight is 379 g/mol. The Morgan fingerprint density at radius 3 is 2.50 bits per heavy atom. The number of anilines is 1. The van der Waals surface area contributed by atoms with E-state index >= 15 is 0 Å². The van der Waals surface area contributed by atoms with Gasteiger partial charge in [-0.3, -0.25) is 0 Å². The normalized spacial score (nSPS) is 11.6. The van der Waals surface area contributed by atoms with E-state index < -0.39 is 21.4 Å². The Kier molecular flexibility index (Phi) is 4.36. The molecule has 0 bridgehead atoms. The minimum Gasteiger partial charge on any atom is -0.398 e. The molecule has 0 aromatic heterocycles. The number of rotatable bonds is 3. The molecule has 3 nitrogen and oxygen atoms in total. The Morgan fingerprint density at radius 2 is 1.90 bits per heavy atom. The molecule has 2 aromatic carbocycles. The van der Waals surface area contributed by atoms with Crippen LogP contribution in [0.3, 0.4) is 0 Å². The molecule has 0 radical (unpaired) electrons. The molecule has 106 valence electrons.